The van der Waals surface area contributed by atoms with Gasteiger partial charge >= 0.3 is 0 Å². The fourth-order valence-electron chi connectivity index (χ4n) is 3.26. The van der Waals surface area contributed by atoms with Gasteiger partial charge in [0.2, 0.25) is 5.91 Å². The lowest BCUT2D eigenvalue weighted by molar-refractivity contribution is -0.113. The molecule has 27 heavy (non-hydrogen) atoms. The minimum absolute atomic E-state index is 0.148. The Kier molecular flexibility index (Phi) is 4.57. The number of halogens is 1. The van der Waals surface area contributed by atoms with Crippen molar-refractivity contribution in [2.75, 3.05) is 11.9 Å². The second kappa shape index (κ2) is 6.72. The molecule has 0 saturated heterocycles. The van der Waals surface area contributed by atoms with Gasteiger partial charge in [0.15, 0.2) is 5.82 Å². The number of aromatic amines is 1. The highest BCUT2D eigenvalue weighted by atomic mass is 19.1. The smallest absolute Gasteiger partial charge is 0.250 e. The van der Waals surface area contributed by atoms with Crippen LogP contribution in [0.4, 0.5) is 10.1 Å². The number of aromatic nitrogens is 1. The van der Waals surface area contributed by atoms with Crippen molar-refractivity contribution in [3.8, 4) is 11.1 Å². The number of fused-ring (bicyclic) bond motifs is 1. The van der Waals surface area contributed by atoms with Crippen LogP contribution in [0.25, 0.3) is 22.0 Å². The van der Waals surface area contributed by atoms with Crippen LogP contribution in [0.2, 0.25) is 0 Å². The highest BCUT2D eigenvalue weighted by Crippen LogP contribution is 2.37. The molecular weight excluding hydrogens is 345 g/mol. The van der Waals surface area contributed by atoms with Gasteiger partial charge < -0.3 is 15.6 Å². The lowest BCUT2D eigenvalue weighted by Crippen LogP contribution is -2.24. The summed E-state index contributed by atoms with van der Waals surface area (Å²) in [5, 5.41) is 0.734. The number of H-pyrrole nitrogens is 1. The van der Waals surface area contributed by atoms with E-state index in [2.05, 4.69) is 11.6 Å². The van der Waals surface area contributed by atoms with Crippen LogP contribution in [-0.2, 0) is 4.79 Å². The topological polar surface area (TPSA) is 79.2 Å². The first-order chi connectivity index (χ1) is 12.8. The van der Waals surface area contributed by atoms with E-state index in [9.17, 15) is 9.59 Å². The van der Waals surface area contributed by atoms with Gasteiger partial charge in [-0.2, -0.15) is 0 Å². The third-order valence-electron chi connectivity index (χ3n) is 4.86. The van der Waals surface area contributed by atoms with Crippen molar-refractivity contribution < 1.29 is 14.0 Å². The fraction of sp³-hybridized carbons (Fsp3) is 0.143. The third kappa shape index (κ3) is 2.89. The summed E-state index contributed by atoms with van der Waals surface area (Å²) < 4.78 is 15.3. The summed E-state index contributed by atoms with van der Waals surface area (Å²) in [6, 6.07) is 8.12. The Morgan fingerprint density at radius 2 is 1.89 bits per heavy atom. The van der Waals surface area contributed by atoms with Crippen molar-refractivity contribution in [2.45, 2.75) is 13.8 Å². The van der Waals surface area contributed by atoms with Gasteiger partial charge in [0, 0.05) is 23.7 Å². The molecule has 0 saturated carbocycles. The summed E-state index contributed by atoms with van der Waals surface area (Å²) in [7, 11) is 1.49. The zero-order chi connectivity index (χ0) is 19.9. The number of rotatable bonds is 4. The first-order valence-corrected chi connectivity index (χ1v) is 8.38. The number of aryl methyl sites for hydroxylation is 2. The van der Waals surface area contributed by atoms with Gasteiger partial charge in [0.25, 0.3) is 5.91 Å². The van der Waals surface area contributed by atoms with E-state index in [1.807, 2.05) is 13.8 Å². The lowest BCUT2D eigenvalue weighted by Gasteiger charge is -2.18. The van der Waals surface area contributed by atoms with Crippen LogP contribution < -0.4 is 10.6 Å². The molecule has 3 aromatic rings. The maximum Gasteiger partial charge on any atom is 0.250 e. The fourth-order valence-corrected chi connectivity index (χ4v) is 3.26. The molecule has 0 fully saturated rings. The van der Waals surface area contributed by atoms with Crippen molar-refractivity contribution in [1.82, 2.24) is 4.98 Å². The molecule has 3 rings (SSSR count). The molecule has 2 aromatic carbocycles. The van der Waals surface area contributed by atoms with Crippen LogP contribution in [-0.4, -0.2) is 23.8 Å². The van der Waals surface area contributed by atoms with Crippen LogP contribution >= 0.6 is 0 Å². The van der Waals surface area contributed by atoms with Gasteiger partial charge in [0.05, 0.1) is 16.8 Å². The lowest BCUT2D eigenvalue weighted by atomic mass is 9.95. The molecule has 0 aliphatic rings. The maximum absolute atomic E-state index is 15.3. The van der Waals surface area contributed by atoms with Crippen molar-refractivity contribution in [1.29, 1.82) is 0 Å². The van der Waals surface area contributed by atoms with Crippen LogP contribution in [0.1, 0.15) is 21.6 Å². The highest BCUT2D eigenvalue weighted by Gasteiger charge is 2.21. The number of likely N-dealkylation sites (N-methyl/N-ethyl adjacent to an activating group) is 1. The van der Waals surface area contributed by atoms with E-state index >= 15 is 4.39 Å². The molecule has 0 aliphatic carbocycles. The van der Waals surface area contributed by atoms with Crippen LogP contribution in [0.15, 0.2) is 43.0 Å². The standard InChI is InChI=1S/C21H20FN3O2/c1-5-17(26)25(4)16-8-6-7-14(19(16)22)13-9-10-15(21(23)27)20-18(13)11(2)12(3)24-20/h5-10,24H,1H2,2-4H3,(H2,23,27). The van der Waals surface area contributed by atoms with Crippen molar-refractivity contribution in [3.63, 3.8) is 0 Å². The molecule has 6 heteroatoms. The van der Waals surface area contributed by atoms with Crippen LogP contribution in [0.3, 0.4) is 0 Å². The van der Waals surface area contributed by atoms with Gasteiger partial charge in [-0.15, -0.1) is 0 Å². The van der Waals surface area contributed by atoms with E-state index in [1.54, 1.807) is 24.3 Å². The molecule has 3 N–H and O–H groups in total. The average molecular weight is 365 g/mol. The summed E-state index contributed by atoms with van der Waals surface area (Å²) in [4.78, 5) is 28.0. The number of hydrogen-bond donors (Lipinski definition) is 2. The Morgan fingerprint density at radius 3 is 2.52 bits per heavy atom. The number of carbonyl (C=O) groups is 2. The molecule has 1 heterocycles. The van der Waals surface area contributed by atoms with E-state index in [-0.39, 0.29) is 5.69 Å². The normalized spacial score (nSPS) is 10.8. The number of amides is 2. The zero-order valence-corrected chi connectivity index (χ0v) is 15.4. The molecule has 0 atom stereocenters. The molecule has 0 unspecified atom stereocenters. The third-order valence-corrected chi connectivity index (χ3v) is 4.86. The molecule has 0 spiro atoms. The second-order valence-electron chi connectivity index (χ2n) is 6.39. The summed E-state index contributed by atoms with van der Waals surface area (Å²) in [6.45, 7) is 7.22. The monoisotopic (exact) mass is 365 g/mol. The highest BCUT2D eigenvalue weighted by molar-refractivity contribution is 6.11. The Bertz CT molecular complexity index is 1100. The largest absolute Gasteiger partial charge is 0.366 e. The number of benzene rings is 2. The number of hydrogen-bond acceptors (Lipinski definition) is 2. The molecule has 5 nitrogen and oxygen atoms in total. The predicted octanol–water partition coefficient (Wildman–Crippen LogP) is 3.84. The van der Waals surface area contributed by atoms with E-state index in [0.29, 0.717) is 22.2 Å². The Balaban J connectivity index is 2.31. The number of nitrogens with two attached hydrogens (primary N) is 1. The summed E-state index contributed by atoms with van der Waals surface area (Å²) in [6.07, 6.45) is 1.13. The van der Waals surface area contributed by atoms with Crippen molar-refractivity contribution in [3.05, 3.63) is 65.6 Å². The van der Waals surface area contributed by atoms with Gasteiger partial charge in [-0.3, -0.25) is 9.59 Å². The average Bonchev–Trinajstić information content (AvgIpc) is 2.95. The summed E-state index contributed by atoms with van der Waals surface area (Å²) >= 11 is 0. The van der Waals surface area contributed by atoms with Crippen LogP contribution in [0, 0.1) is 19.7 Å². The molecule has 2 amide bonds. The number of nitrogens with one attached hydrogen (secondary N) is 1. The predicted molar refractivity (Wildman–Crippen MR) is 105 cm³/mol. The molecule has 0 aliphatic heterocycles. The maximum atomic E-state index is 15.3. The van der Waals surface area contributed by atoms with Gasteiger partial charge in [-0.25, -0.2) is 4.39 Å². The quantitative estimate of drug-likeness (QED) is 0.689. The number of nitrogens with zero attached hydrogens (tertiary/aromatic N) is 1. The molecule has 0 radical (unpaired) electrons. The molecule has 1 aromatic heterocycles. The number of carbonyl (C=O) groups excluding carboxylic acids is 2. The van der Waals surface area contributed by atoms with Gasteiger partial charge in [-0.05, 0) is 43.2 Å². The van der Waals surface area contributed by atoms with Crippen LogP contribution in [0.5, 0.6) is 0 Å². The second-order valence-corrected chi connectivity index (χ2v) is 6.39. The Morgan fingerprint density at radius 1 is 1.19 bits per heavy atom. The first-order valence-electron chi connectivity index (χ1n) is 8.38. The molecule has 0 bridgehead atoms. The van der Waals surface area contributed by atoms with Crippen molar-refractivity contribution in [2.24, 2.45) is 5.73 Å². The number of primary amides is 1. The van der Waals surface area contributed by atoms with E-state index in [1.165, 1.54) is 18.0 Å². The number of anilines is 1. The summed E-state index contributed by atoms with van der Waals surface area (Å²) in [5.74, 6) is -1.49. The zero-order valence-electron chi connectivity index (χ0n) is 15.4. The minimum atomic E-state index is -0.557. The summed E-state index contributed by atoms with van der Waals surface area (Å²) in [5.41, 5.74) is 9.29. The van der Waals surface area contributed by atoms with E-state index < -0.39 is 17.6 Å². The Hall–Kier alpha value is -3.41. The minimum Gasteiger partial charge on any atom is -0.366 e. The van der Waals surface area contributed by atoms with E-state index in [0.717, 1.165) is 22.7 Å². The first kappa shape index (κ1) is 18.4. The van der Waals surface area contributed by atoms with Gasteiger partial charge in [-0.1, -0.05) is 24.8 Å². The van der Waals surface area contributed by atoms with Crippen molar-refractivity contribution >= 4 is 28.4 Å². The van der Waals surface area contributed by atoms with E-state index in [4.69, 9.17) is 5.73 Å². The Labute approximate surface area is 156 Å². The van der Waals surface area contributed by atoms with Gasteiger partial charge in [0.1, 0.15) is 0 Å². The molecular formula is C21H20FN3O2. The SMILES string of the molecule is C=CC(=O)N(C)c1cccc(-c2ccc(C(N)=O)c3[nH]c(C)c(C)c23)c1F. The molecule has 138 valence electrons.